The smallest absolute Gasteiger partial charge is 0.251 e. The number of aliphatic imine (C=N–C) groups is 1. The Kier molecular flexibility index (Phi) is 5.42. The number of benzene rings is 2. The molecule has 5 nitrogen and oxygen atoms in total. The molecule has 0 radical (unpaired) electrons. The topological polar surface area (TPSA) is 61.8 Å². The zero-order chi connectivity index (χ0) is 20.5. The lowest BCUT2D eigenvalue weighted by Crippen LogP contribution is -2.58. The number of aryl methyl sites for hydroxylation is 1. The lowest BCUT2D eigenvalue weighted by Gasteiger charge is -2.30. The fraction of sp³-hybridized carbons (Fsp3) is 0.273. The molecule has 1 aliphatic rings. The fourth-order valence-electron chi connectivity index (χ4n) is 2.87. The molecule has 1 atom stereocenters. The van der Waals surface area contributed by atoms with Gasteiger partial charge in [-0.3, -0.25) is 19.5 Å². The van der Waals surface area contributed by atoms with Gasteiger partial charge < -0.3 is 5.32 Å². The number of nitrogens with zero attached hydrogens (tertiary/aromatic N) is 2. The van der Waals surface area contributed by atoms with Crippen LogP contribution >= 0.6 is 12.2 Å². The molecule has 1 heterocycles. The summed E-state index contributed by atoms with van der Waals surface area (Å²) in [5, 5.41) is 2.68. The predicted molar refractivity (Wildman–Crippen MR) is 116 cm³/mol. The van der Waals surface area contributed by atoms with Crippen LogP contribution in [0.2, 0.25) is 0 Å². The van der Waals surface area contributed by atoms with E-state index < -0.39 is 17.7 Å². The minimum atomic E-state index is -1.03. The number of anilines is 1. The molecule has 0 aliphatic carbocycles. The van der Waals surface area contributed by atoms with Gasteiger partial charge in [-0.25, -0.2) is 0 Å². The second kappa shape index (κ2) is 7.64. The first-order valence-electron chi connectivity index (χ1n) is 9.07. The lowest BCUT2D eigenvalue weighted by molar-refractivity contribution is -0.130. The summed E-state index contributed by atoms with van der Waals surface area (Å²) in [5.74, 6) is -1.91. The average molecular weight is 394 g/mol. The van der Waals surface area contributed by atoms with Gasteiger partial charge in [0, 0.05) is 6.21 Å². The minimum absolute atomic E-state index is 0.0473. The second-order valence-electron chi connectivity index (χ2n) is 7.86. The van der Waals surface area contributed by atoms with Crippen LogP contribution < -0.4 is 10.2 Å². The molecule has 1 N–H and O–H groups in total. The van der Waals surface area contributed by atoms with Crippen molar-refractivity contribution in [3.63, 3.8) is 0 Å². The highest BCUT2D eigenvalue weighted by Gasteiger charge is 2.38. The monoisotopic (exact) mass is 393 g/mol. The van der Waals surface area contributed by atoms with Crippen LogP contribution in [0.15, 0.2) is 53.5 Å². The summed E-state index contributed by atoms with van der Waals surface area (Å²) in [4.78, 5) is 30.9. The number of thiocarbonyl (C=S) groups is 1. The molecule has 0 bridgehead atoms. The van der Waals surface area contributed by atoms with Crippen molar-refractivity contribution >= 4 is 46.7 Å². The molecule has 28 heavy (non-hydrogen) atoms. The SMILES string of the molecule is Cc1ccc(N2C(=O)[C@@H](C=Nc3ccc(C(C)(C)C)cc3)C(=O)NC2=S)cc1. The Morgan fingerprint density at radius 2 is 1.64 bits per heavy atom. The van der Waals surface area contributed by atoms with Crippen molar-refractivity contribution in [2.24, 2.45) is 10.9 Å². The number of hydrogen-bond donors (Lipinski definition) is 1. The maximum absolute atomic E-state index is 12.9. The molecule has 0 saturated carbocycles. The molecule has 2 aromatic rings. The number of carbonyl (C=O) groups excluding carboxylic acids is 2. The normalized spacial score (nSPS) is 17.9. The number of rotatable bonds is 3. The fourth-order valence-corrected chi connectivity index (χ4v) is 3.16. The molecule has 1 aliphatic heterocycles. The Hall–Kier alpha value is -2.86. The van der Waals surface area contributed by atoms with Crippen molar-refractivity contribution < 1.29 is 9.59 Å². The summed E-state index contributed by atoms with van der Waals surface area (Å²) in [6, 6.07) is 15.2. The molecule has 6 heteroatoms. The molecule has 0 unspecified atom stereocenters. The van der Waals surface area contributed by atoms with Crippen LogP contribution in [0, 0.1) is 12.8 Å². The van der Waals surface area contributed by atoms with Crippen molar-refractivity contribution in [3.8, 4) is 0 Å². The van der Waals surface area contributed by atoms with E-state index in [1.807, 2.05) is 43.3 Å². The minimum Gasteiger partial charge on any atom is -0.301 e. The number of hydrogen-bond acceptors (Lipinski definition) is 4. The summed E-state index contributed by atoms with van der Waals surface area (Å²) in [6.45, 7) is 8.37. The Morgan fingerprint density at radius 1 is 1.04 bits per heavy atom. The summed E-state index contributed by atoms with van der Waals surface area (Å²) in [7, 11) is 0. The first-order chi connectivity index (χ1) is 13.2. The molecule has 0 spiro atoms. The van der Waals surface area contributed by atoms with E-state index in [9.17, 15) is 9.59 Å². The average Bonchev–Trinajstić information content (AvgIpc) is 2.62. The molecular formula is C22H23N3O2S. The first-order valence-corrected chi connectivity index (χ1v) is 9.48. The molecule has 144 valence electrons. The zero-order valence-electron chi connectivity index (χ0n) is 16.4. The van der Waals surface area contributed by atoms with E-state index in [0.29, 0.717) is 11.4 Å². The third kappa shape index (κ3) is 4.17. The summed E-state index contributed by atoms with van der Waals surface area (Å²) >= 11 is 5.20. The molecule has 2 amide bonds. The molecule has 0 aromatic heterocycles. The van der Waals surface area contributed by atoms with E-state index in [-0.39, 0.29) is 10.5 Å². The second-order valence-corrected chi connectivity index (χ2v) is 8.24. The Balaban J connectivity index is 1.83. The maximum Gasteiger partial charge on any atom is 0.251 e. The summed E-state index contributed by atoms with van der Waals surface area (Å²) in [6.07, 6.45) is 1.38. The van der Waals surface area contributed by atoms with Crippen LogP contribution in [0.5, 0.6) is 0 Å². The van der Waals surface area contributed by atoms with Gasteiger partial charge in [0.15, 0.2) is 11.0 Å². The van der Waals surface area contributed by atoms with E-state index in [1.165, 1.54) is 16.7 Å². The van der Waals surface area contributed by atoms with Gasteiger partial charge in [-0.05, 0) is 54.4 Å². The Bertz CT molecular complexity index is 941. The van der Waals surface area contributed by atoms with Gasteiger partial charge >= 0.3 is 0 Å². The number of carbonyl (C=O) groups is 2. The van der Waals surface area contributed by atoms with E-state index in [2.05, 4.69) is 31.1 Å². The standard InChI is InChI=1S/C22H23N3O2S/c1-14-5-11-17(12-6-14)25-20(27)18(19(26)24-21(25)28)13-23-16-9-7-15(8-10-16)22(2,3)4/h5-13,18H,1-4H3,(H,24,26,28)/t18-/m0/s1. The van der Waals surface area contributed by atoms with Gasteiger partial charge in [0.25, 0.3) is 5.91 Å². The molecule has 2 aromatic carbocycles. The van der Waals surface area contributed by atoms with Crippen LogP contribution in [0.4, 0.5) is 11.4 Å². The van der Waals surface area contributed by atoms with E-state index in [1.54, 1.807) is 12.1 Å². The quantitative estimate of drug-likeness (QED) is 0.486. The van der Waals surface area contributed by atoms with Gasteiger partial charge in [0.2, 0.25) is 5.91 Å². The van der Waals surface area contributed by atoms with Crippen molar-refractivity contribution in [1.82, 2.24) is 5.32 Å². The molecule has 1 saturated heterocycles. The zero-order valence-corrected chi connectivity index (χ0v) is 17.2. The van der Waals surface area contributed by atoms with Gasteiger partial charge in [0.1, 0.15) is 0 Å². The van der Waals surface area contributed by atoms with Crippen LogP contribution in [-0.2, 0) is 15.0 Å². The first kappa shape index (κ1) is 19.9. The van der Waals surface area contributed by atoms with Crippen LogP contribution in [-0.4, -0.2) is 23.1 Å². The molecule has 1 fully saturated rings. The largest absolute Gasteiger partial charge is 0.301 e. The van der Waals surface area contributed by atoms with Gasteiger partial charge in [-0.1, -0.05) is 50.6 Å². The number of nitrogens with one attached hydrogen (secondary N) is 1. The lowest BCUT2D eigenvalue weighted by atomic mass is 9.87. The van der Waals surface area contributed by atoms with Gasteiger partial charge in [0.05, 0.1) is 11.4 Å². The Labute approximate surface area is 170 Å². The molecular weight excluding hydrogens is 370 g/mol. The molecule has 3 rings (SSSR count). The number of amides is 2. The van der Waals surface area contributed by atoms with E-state index in [4.69, 9.17) is 12.2 Å². The summed E-state index contributed by atoms with van der Waals surface area (Å²) in [5.41, 5.74) is 3.61. The predicted octanol–water partition coefficient (Wildman–Crippen LogP) is 4.06. The summed E-state index contributed by atoms with van der Waals surface area (Å²) < 4.78 is 0. The highest BCUT2D eigenvalue weighted by atomic mass is 32.1. The van der Waals surface area contributed by atoms with E-state index >= 15 is 0 Å². The van der Waals surface area contributed by atoms with Gasteiger partial charge in [-0.15, -0.1) is 0 Å². The highest BCUT2D eigenvalue weighted by molar-refractivity contribution is 7.80. The van der Waals surface area contributed by atoms with Crippen molar-refractivity contribution in [2.75, 3.05) is 4.90 Å². The van der Waals surface area contributed by atoms with Crippen LogP contribution in [0.1, 0.15) is 31.9 Å². The maximum atomic E-state index is 12.9. The van der Waals surface area contributed by atoms with E-state index in [0.717, 1.165) is 5.56 Å². The van der Waals surface area contributed by atoms with Crippen molar-refractivity contribution in [1.29, 1.82) is 0 Å². The van der Waals surface area contributed by atoms with Crippen molar-refractivity contribution in [3.05, 3.63) is 59.7 Å². The third-order valence-corrected chi connectivity index (χ3v) is 4.88. The van der Waals surface area contributed by atoms with Gasteiger partial charge in [-0.2, -0.15) is 0 Å². The third-order valence-electron chi connectivity index (χ3n) is 4.60. The van der Waals surface area contributed by atoms with Crippen LogP contribution in [0.3, 0.4) is 0 Å². The van der Waals surface area contributed by atoms with Crippen LogP contribution in [0.25, 0.3) is 0 Å². The highest BCUT2D eigenvalue weighted by Crippen LogP contribution is 2.25. The Morgan fingerprint density at radius 3 is 2.21 bits per heavy atom. The van der Waals surface area contributed by atoms with Crippen molar-refractivity contribution in [2.45, 2.75) is 33.1 Å².